The third-order valence-electron chi connectivity index (χ3n) is 2.79. The van der Waals surface area contributed by atoms with Crippen LogP contribution in [0.1, 0.15) is 31.4 Å². The van der Waals surface area contributed by atoms with Gasteiger partial charge in [-0.1, -0.05) is 31.2 Å². The normalized spacial score (nSPS) is 11.4. The zero-order valence-corrected chi connectivity index (χ0v) is 12.2. The van der Waals surface area contributed by atoms with Crippen molar-refractivity contribution >= 4 is 5.96 Å². The van der Waals surface area contributed by atoms with Crippen molar-refractivity contribution in [3.63, 3.8) is 0 Å². The Hall–Kier alpha value is -1.55. The lowest BCUT2D eigenvalue weighted by Gasteiger charge is -2.13. The van der Waals surface area contributed by atoms with Crippen LogP contribution in [0.5, 0.6) is 0 Å². The van der Waals surface area contributed by atoms with E-state index in [9.17, 15) is 0 Å². The Bertz CT molecular complexity index is 391. The molecule has 2 N–H and O–H groups in total. The molecule has 0 amide bonds. The zero-order valence-electron chi connectivity index (χ0n) is 12.2. The fourth-order valence-corrected chi connectivity index (χ4v) is 1.73. The minimum atomic E-state index is 0.662. The minimum absolute atomic E-state index is 0.662. The maximum atomic E-state index is 5.48. The first-order chi connectivity index (χ1) is 9.31. The summed E-state index contributed by atoms with van der Waals surface area (Å²) in [7, 11) is 1.79. The molecular formula is C15H25N3O. The van der Waals surface area contributed by atoms with Gasteiger partial charge in [0.2, 0.25) is 0 Å². The molecule has 0 spiro atoms. The largest absolute Gasteiger partial charge is 0.377 e. The highest BCUT2D eigenvalue weighted by molar-refractivity contribution is 5.79. The first-order valence-corrected chi connectivity index (χ1v) is 6.90. The summed E-state index contributed by atoms with van der Waals surface area (Å²) < 4.78 is 5.48. The molecule has 1 aromatic carbocycles. The van der Waals surface area contributed by atoms with Crippen molar-refractivity contribution in [3.8, 4) is 0 Å². The number of nitrogens with one attached hydrogen (secondary N) is 2. The summed E-state index contributed by atoms with van der Waals surface area (Å²) in [5.74, 6) is 0.841. The number of aliphatic imine (C=N–C) groups is 1. The van der Waals surface area contributed by atoms with Gasteiger partial charge in [-0.15, -0.1) is 0 Å². The summed E-state index contributed by atoms with van der Waals surface area (Å²) in [5, 5.41) is 6.58. The Balaban J connectivity index is 2.56. The van der Waals surface area contributed by atoms with Crippen molar-refractivity contribution < 1.29 is 4.74 Å². The lowest BCUT2D eigenvalue weighted by Crippen LogP contribution is -2.37. The fourth-order valence-electron chi connectivity index (χ4n) is 1.73. The predicted octanol–water partition coefficient (Wildman–Crippen LogP) is 2.30. The second-order valence-electron chi connectivity index (χ2n) is 4.26. The van der Waals surface area contributed by atoms with E-state index in [-0.39, 0.29) is 0 Å². The highest BCUT2D eigenvalue weighted by Crippen LogP contribution is 2.09. The summed E-state index contributed by atoms with van der Waals surface area (Å²) in [4.78, 5) is 4.20. The molecule has 19 heavy (non-hydrogen) atoms. The average molecular weight is 263 g/mol. The number of nitrogens with zero attached hydrogens (tertiary/aromatic N) is 1. The van der Waals surface area contributed by atoms with Crippen LogP contribution < -0.4 is 10.6 Å². The van der Waals surface area contributed by atoms with Crippen LogP contribution in [0.25, 0.3) is 0 Å². The molecule has 0 aliphatic heterocycles. The van der Waals surface area contributed by atoms with Crippen molar-refractivity contribution in [3.05, 3.63) is 35.4 Å². The minimum Gasteiger partial charge on any atom is -0.377 e. The van der Waals surface area contributed by atoms with E-state index in [1.165, 1.54) is 11.1 Å². The van der Waals surface area contributed by atoms with Gasteiger partial charge in [-0.2, -0.15) is 0 Å². The van der Waals surface area contributed by atoms with Crippen LogP contribution in [-0.4, -0.2) is 26.2 Å². The Kier molecular flexibility index (Phi) is 7.66. The summed E-state index contributed by atoms with van der Waals surface area (Å²) in [6.45, 7) is 7.23. The van der Waals surface area contributed by atoms with Gasteiger partial charge in [-0.3, -0.25) is 4.99 Å². The van der Waals surface area contributed by atoms with Gasteiger partial charge < -0.3 is 15.4 Å². The molecule has 4 heteroatoms. The van der Waals surface area contributed by atoms with Gasteiger partial charge in [-0.25, -0.2) is 0 Å². The molecule has 0 atom stereocenters. The van der Waals surface area contributed by atoms with Crippen LogP contribution in [-0.2, 0) is 17.9 Å². The maximum Gasteiger partial charge on any atom is 0.191 e. The monoisotopic (exact) mass is 263 g/mol. The van der Waals surface area contributed by atoms with Gasteiger partial charge in [0.1, 0.15) is 0 Å². The zero-order chi connectivity index (χ0) is 13.9. The lowest BCUT2D eigenvalue weighted by molar-refractivity contribution is 0.133. The second-order valence-corrected chi connectivity index (χ2v) is 4.26. The molecule has 0 heterocycles. The molecular weight excluding hydrogens is 238 g/mol. The van der Waals surface area contributed by atoms with Crippen LogP contribution in [0.4, 0.5) is 0 Å². The maximum absolute atomic E-state index is 5.48. The third kappa shape index (κ3) is 5.75. The van der Waals surface area contributed by atoms with Gasteiger partial charge in [0.05, 0.1) is 6.61 Å². The SMILES string of the molecule is CCCNC(=NC)NCc1ccccc1COCC. The van der Waals surface area contributed by atoms with Gasteiger partial charge in [0.25, 0.3) is 0 Å². The summed E-state index contributed by atoms with van der Waals surface area (Å²) >= 11 is 0. The predicted molar refractivity (Wildman–Crippen MR) is 80.3 cm³/mol. The van der Waals surface area contributed by atoms with E-state index in [4.69, 9.17) is 4.74 Å². The van der Waals surface area contributed by atoms with Crippen molar-refractivity contribution in [2.45, 2.75) is 33.4 Å². The molecule has 0 saturated carbocycles. The van der Waals surface area contributed by atoms with Gasteiger partial charge in [0, 0.05) is 26.7 Å². The van der Waals surface area contributed by atoms with E-state index in [0.29, 0.717) is 6.61 Å². The number of guanidine groups is 1. The highest BCUT2D eigenvalue weighted by atomic mass is 16.5. The van der Waals surface area contributed by atoms with Crippen LogP contribution in [0.3, 0.4) is 0 Å². The topological polar surface area (TPSA) is 45.7 Å². The fraction of sp³-hybridized carbons (Fsp3) is 0.533. The van der Waals surface area contributed by atoms with E-state index in [1.54, 1.807) is 7.05 Å². The smallest absolute Gasteiger partial charge is 0.191 e. The lowest BCUT2D eigenvalue weighted by atomic mass is 10.1. The summed E-state index contributed by atoms with van der Waals surface area (Å²) in [5.41, 5.74) is 2.47. The van der Waals surface area contributed by atoms with E-state index in [2.05, 4.69) is 40.7 Å². The van der Waals surface area contributed by atoms with Crippen LogP contribution >= 0.6 is 0 Å². The van der Waals surface area contributed by atoms with Crippen molar-refractivity contribution in [2.24, 2.45) is 4.99 Å². The molecule has 0 aliphatic carbocycles. The number of rotatable bonds is 7. The number of hydrogen-bond donors (Lipinski definition) is 2. The van der Waals surface area contributed by atoms with Gasteiger partial charge in [0.15, 0.2) is 5.96 Å². The highest BCUT2D eigenvalue weighted by Gasteiger charge is 2.03. The standard InChI is InChI=1S/C15H25N3O/c1-4-10-17-15(16-3)18-11-13-8-6-7-9-14(13)12-19-5-2/h6-9H,4-5,10-12H2,1-3H3,(H2,16,17,18). The second kappa shape index (κ2) is 9.39. The molecule has 0 fully saturated rings. The van der Waals surface area contributed by atoms with Crippen molar-refractivity contribution in [2.75, 3.05) is 20.2 Å². The first-order valence-electron chi connectivity index (χ1n) is 6.90. The Labute approximate surface area is 116 Å². The molecule has 1 rings (SSSR count). The molecule has 1 aromatic rings. The van der Waals surface area contributed by atoms with E-state index in [1.807, 2.05) is 13.0 Å². The van der Waals surface area contributed by atoms with Crippen LogP contribution in [0.2, 0.25) is 0 Å². The molecule has 0 radical (unpaired) electrons. The average Bonchev–Trinajstić information content (AvgIpc) is 2.46. The Morgan fingerprint density at radius 3 is 2.53 bits per heavy atom. The van der Waals surface area contributed by atoms with Gasteiger partial charge in [-0.05, 0) is 24.5 Å². The molecule has 0 aliphatic rings. The quantitative estimate of drug-likeness (QED) is 0.586. The van der Waals surface area contributed by atoms with Crippen molar-refractivity contribution in [1.29, 1.82) is 0 Å². The van der Waals surface area contributed by atoms with Crippen molar-refractivity contribution in [1.82, 2.24) is 10.6 Å². The van der Waals surface area contributed by atoms with Crippen LogP contribution in [0.15, 0.2) is 29.3 Å². The van der Waals surface area contributed by atoms with E-state index < -0.39 is 0 Å². The number of ether oxygens (including phenoxy) is 1. The summed E-state index contributed by atoms with van der Waals surface area (Å²) in [6.07, 6.45) is 1.08. The summed E-state index contributed by atoms with van der Waals surface area (Å²) in [6, 6.07) is 8.32. The van der Waals surface area contributed by atoms with E-state index >= 15 is 0 Å². The number of hydrogen-bond acceptors (Lipinski definition) is 2. The number of benzene rings is 1. The molecule has 0 aromatic heterocycles. The Morgan fingerprint density at radius 2 is 1.89 bits per heavy atom. The molecule has 4 nitrogen and oxygen atoms in total. The van der Waals surface area contributed by atoms with Gasteiger partial charge >= 0.3 is 0 Å². The van der Waals surface area contributed by atoms with Crippen LogP contribution in [0, 0.1) is 0 Å². The molecule has 0 unspecified atom stereocenters. The van der Waals surface area contributed by atoms with E-state index in [0.717, 1.165) is 32.1 Å². The molecule has 0 bridgehead atoms. The first kappa shape index (κ1) is 15.5. The third-order valence-corrected chi connectivity index (χ3v) is 2.79. The molecule has 106 valence electrons. The Morgan fingerprint density at radius 1 is 1.16 bits per heavy atom. The molecule has 0 saturated heterocycles.